The van der Waals surface area contributed by atoms with Crippen molar-refractivity contribution >= 4 is 10.0 Å². The summed E-state index contributed by atoms with van der Waals surface area (Å²) in [5, 5.41) is 18.6. The maximum Gasteiger partial charge on any atom is 0.209 e. The highest BCUT2D eigenvalue weighted by molar-refractivity contribution is 7.88. The van der Waals surface area contributed by atoms with E-state index in [1.165, 1.54) is 0 Å². The second-order valence-corrected chi connectivity index (χ2v) is 9.78. The van der Waals surface area contributed by atoms with Crippen molar-refractivity contribution in [1.82, 2.24) is 24.4 Å². The molecule has 0 saturated heterocycles. The molecule has 0 saturated carbocycles. The Morgan fingerprint density at radius 2 is 2.00 bits per heavy atom. The lowest BCUT2D eigenvalue weighted by atomic mass is 10.1. The first kappa shape index (κ1) is 22.5. The zero-order valence-corrected chi connectivity index (χ0v) is 18.8. The number of aromatic hydroxyl groups is 1. The number of phenolic OH excluding ortho intramolecular Hbond substituents is 1. The summed E-state index contributed by atoms with van der Waals surface area (Å²) in [4.78, 5) is 2.31. The quantitative estimate of drug-likeness (QED) is 0.647. The monoisotopic (exact) mass is 437 g/mol. The van der Waals surface area contributed by atoms with Crippen LogP contribution in [0.5, 0.6) is 11.5 Å². The predicted octanol–water partition coefficient (Wildman–Crippen LogP) is 1.69. The van der Waals surface area contributed by atoms with Crippen LogP contribution >= 0.6 is 0 Å². The molecule has 2 N–H and O–H groups in total. The fraction of sp³-hybridized carbons (Fsp3) is 0.600. The Bertz CT molecular complexity index is 974. The van der Waals surface area contributed by atoms with Gasteiger partial charge < -0.3 is 14.4 Å². The number of fused-ring (bicyclic) bond motifs is 1. The summed E-state index contributed by atoms with van der Waals surface area (Å²) in [5.41, 5.74) is 1.06. The van der Waals surface area contributed by atoms with E-state index in [-0.39, 0.29) is 11.7 Å². The van der Waals surface area contributed by atoms with Gasteiger partial charge in [0.2, 0.25) is 10.0 Å². The average molecular weight is 438 g/mol. The molecule has 2 heterocycles. The van der Waals surface area contributed by atoms with Gasteiger partial charge in [0, 0.05) is 32.6 Å². The molecule has 9 nitrogen and oxygen atoms in total. The number of sulfonamides is 1. The van der Waals surface area contributed by atoms with Crippen molar-refractivity contribution in [2.45, 2.75) is 46.3 Å². The molecular weight excluding hydrogens is 406 g/mol. The Hall–Kier alpha value is -2.17. The number of nitrogens with zero attached hydrogens (tertiary/aromatic N) is 4. The van der Waals surface area contributed by atoms with Gasteiger partial charge in [0.05, 0.1) is 18.9 Å². The average Bonchev–Trinajstić information content (AvgIpc) is 2.96. The van der Waals surface area contributed by atoms with Crippen molar-refractivity contribution < 1.29 is 18.3 Å². The first-order valence-electron chi connectivity index (χ1n) is 10.2. The lowest BCUT2D eigenvalue weighted by Crippen LogP contribution is -2.33. The summed E-state index contributed by atoms with van der Waals surface area (Å²) in [6, 6.07) is 5.02. The van der Waals surface area contributed by atoms with Gasteiger partial charge in [0.15, 0.2) is 17.3 Å². The Kier molecular flexibility index (Phi) is 6.99. The Morgan fingerprint density at radius 3 is 2.67 bits per heavy atom. The third-order valence-electron chi connectivity index (χ3n) is 5.16. The Balaban J connectivity index is 1.74. The molecule has 30 heavy (non-hydrogen) atoms. The first-order valence-corrected chi connectivity index (χ1v) is 12.1. The molecule has 1 unspecified atom stereocenters. The first-order chi connectivity index (χ1) is 14.2. The van der Waals surface area contributed by atoms with Crippen LogP contribution in [-0.4, -0.2) is 59.1 Å². The molecule has 10 heteroatoms. The second-order valence-electron chi connectivity index (χ2n) is 8.00. The molecule has 0 amide bonds. The highest BCUT2D eigenvalue weighted by atomic mass is 32.2. The van der Waals surface area contributed by atoms with Gasteiger partial charge in [0.1, 0.15) is 5.82 Å². The fourth-order valence-electron chi connectivity index (χ4n) is 3.68. The third-order valence-corrected chi connectivity index (χ3v) is 5.85. The van der Waals surface area contributed by atoms with E-state index in [1.807, 2.05) is 37.5 Å². The normalized spacial score (nSPS) is 16.3. The van der Waals surface area contributed by atoms with Crippen LogP contribution in [0.15, 0.2) is 18.2 Å². The smallest absolute Gasteiger partial charge is 0.209 e. The van der Waals surface area contributed by atoms with E-state index in [9.17, 15) is 13.5 Å². The van der Waals surface area contributed by atoms with E-state index in [1.54, 1.807) is 6.07 Å². The second kappa shape index (κ2) is 9.32. The summed E-state index contributed by atoms with van der Waals surface area (Å²) < 4.78 is 33.9. The Labute approximate surface area is 178 Å². The molecule has 0 spiro atoms. The van der Waals surface area contributed by atoms with Crippen molar-refractivity contribution in [2.75, 3.05) is 26.0 Å². The number of phenols is 1. The summed E-state index contributed by atoms with van der Waals surface area (Å²) >= 11 is 0. The summed E-state index contributed by atoms with van der Waals surface area (Å²) in [7, 11) is -3.37. The van der Waals surface area contributed by atoms with E-state index in [2.05, 4.69) is 19.8 Å². The van der Waals surface area contributed by atoms with Gasteiger partial charge in [-0.1, -0.05) is 19.9 Å². The van der Waals surface area contributed by atoms with Crippen LogP contribution in [0.25, 0.3) is 0 Å². The van der Waals surface area contributed by atoms with E-state index < -0.39 is 16.1 Å². The minimum Gasteiger partial charge on any atom is -0.504 e. The number of benzene rings is 1. The number of aromatic nitrogens is 3. The lowest BCUT2D eigenvalue weighted by molar-refractivity contribution is 0.267. The summed E-state index contributed by atoms with van der Waals surface area (Å²) in [6.07, 6.45) is 1.89. The van der Waals surface area contributed by atoms with Crippen molar-refractivity contribution in [3.8, 4) is 11.5 Å². The maximum atomic E-state index is 11.8. The van der Waals surface area contributed by atoms with Crippen LogP contribution in [0.2, 0.25) is 0 Å². The highest BCUT2D eigenvalue weighted by Gasteiger charge is 2.28. The van der Waals surface area contributed by atoms with Crippen LogP contribution in [0, 0.1) is 5.92 Å². The molecule has 1 atom stereocenters. The molecule has 1 aliphatic heterocycles. The molecule has 0 bridgehead atoms. The minimum atomic E-state index is -3.37. The molecule has 1 aromatic heterocycles. The third kappa shape index (κ3) is 5.50. The number of ether oxygens (including phenoxy) is 1. The van der Waals surface area contributed by atoms with Gasteiger partial charge in [-0.3, -0.25) is 4.90 Å². The highest BCUT2D eigenvalue weighted by Crippen LogP contribution is 2.28. The molecule has 1 aliphatic rings. The van der Waals surface area contributed by atoms with E-state index in [0.717, 1.165) is 43.7 Å². The van der Waals surface area contributed by atoms with Crippen LogP contribution in [0.4, 0.5) is 0 Å². The number of hydrogen-bond donors (Lipinski definition) is 2. The summed E-state index contributed by atoms with van der Waals surface area (Å²) in [6.45, 7) is 9.32. The zero-order valence-electron chi connectivity index (χ0n) is 18.0. The van der Waals surface area contributed by atoms with Gasteiger partial charge in [0.25, 0.3) is 0 Å². The van der Waals surface area contributed by atoms with Crippen LogP contribution in [0.1, 0.15) is 44.0 Å². The molecule has 0 aliphatic carbocycles. The van der Waals surface area contributed by atoms with Crippen molar-refractivity contribution in [2.24, 2.45) is 5.92 Å². The van der Waals surface area contributed by atoms with E-state index >= 15 is 0 Å². The van der Waals surface area contributed by atoms with Gasteiger partial charge in [-0.2, -0.15) is 0 Å². The molecule has 2 aromatic rings. The summed E-state index contributed by atoms with van der Waals surface area (Å²) in [5.74, 6) is 2.22. The van der Waals surface area contributed by atoms with Crippen LogP contribution in [-0.2, 0) is 29.5 Å². The van der Waals surface area contributed by atoms with Crippen molar-refractivity contribution in [1.29, 1.82) is 0 Å². The van der Waals surface area contributed by atoms with Crippen LogP contribution < -0.4 is 9.46 Å². The SMILES string of the molecule is CCOc1cc(CN2CCc3nnc(C(NS(C)(=O)=O)C(C)C)n3CC2)ccc1O. The standard InChI is InChI=1S/C20H31N5O4S/c1-5-29-17-12-15(6-7-16(17)26)13-24-9-8-18-21-22-20(25(18)11-10-24)19(14(2)3)23-30(4,27)28/h6-7,12,14,19,23,26H,5,8-11,13H2,1-4H3. The molecule has 0 fully saturated rings. The molecular formula is C20H31N5O4S. The van der Waals surface area contributed by atoms with Crippen molar-refractivity contribution in [3.63, 3.8) is 0 Å². The van der Waals surface area contributed by atoms with Gasteiger partial charge in [-0.05, 0) is 30.5 Å². The fourth-order valence-corrected chi connectivity index (χ4v) is 4.52. The molecule has 1 aromatic carbocycles. The van der Waals surface area contributed by atoms with Gasteiger partial charge >= 0.3 is 0 Å². The zero-order chi connectivity index (χ0) is 21.9. The number of rotatable bonds is 8. The lowest BCUT2D eigenvalue weighted by Gasteiger charge is -2.23. The van der Waals surface area contributed by atoms with E-state index in [4.69, 9.17) is 4.74 Å². The van der Waals surface area contributed by atoms with Gasteiger partial charge in [-0.15, -0.1) is 10.2 Å². The largest absolute Gasteiger partial charge is 0.504 e. The van der Waals surface area contributed by atoms with Crippen molar-refractivity contribution in [3.05, 3.63) is 35.4 Å². The Morgan fingerprint density at radius 1 is 1.23 bits per heavy atom. The minimum absolute atomic E-state index is 0.0429. The molecule has 0 radical (unpaired) electrons. The topological polar surface area (TPSA) is 110 Å². The number of nitrogens with one attached hydrogen (secondary N) is 1. The number of hydrogen-bond acceptors (Lipinski definition) is 7. The van der Waals surface area contributed by atoms with Gasteiger partial charge in [-0.25, -0.2) is 13.1 Å². The van der Waals surface area contributed by atoms with E-state index in [0.29, 0.717) is 24.7 Å². The molecule has 166 valence electrons. The van der Waals surface area contributed by atoms with Crippen LogP contribution in [0.3, 0.4) is 0 Å². The predicted molar refractivity (Wildman–Crippen MR) is 114 cm³/mol. The maximum absolute atomic E-state index is 11.8. The molecule has 3 rings (SSSR count).